The first-order chi connectivity index (χ1) is 13.9. The minimum atomic E-state index is -3.53. The number of pyridine rings is 1. The topological polar surface area (TPSA) is 103 Å². The van der Waals surface area contributed by atoms with Crippen LogP contribution in [0.2, 0.25) is 0 Å². The standard InChI is InChI=1S/C19H19FN4O4S/c1-3-29(25,26)24-17-11-16(22-23-19(17)27-2)15-8-5-9-18(21-15)28-12-13-6-4-7-14(20)10-13/h4-11H,3,12H2,1-2H3,(H,22,24). The molecule has 3 aromatic rings. The van der Waals surface area contributed by atoms with Gasteiger partial charge in [-0.2, -0.15) is 0 Å². The molecule has 0 unspecified atom stereocenters. The van der Waals surface area contributed by atoms with Gasteiger partial charge in [-0.25, -0.2) is 17.8 Å². The van der Waals surface area contributed by atoms with Gasteiger partial charge in [-0.1, -0.05) is 18.2 Å². The molecule has 0 aliphatic heterocycles. The number of nitrogens with one attached hydrogen (secondary N) is 1. The van der Waals surface area contributed by atoms with Crippen molar-refractivity contribution in [1.29, 1.82) is 0 Å². The number of hydrogen-bond acceptors (Lipinski definition) is 7. The number of nitrogens with zero attached hydrogens (tertiary/aromatic N) is 3. The molecule has 0 aliphatic rings. The Kier molecular flexibility index (Phi) is 6.23. The maximum atomic E-state index is 13.3. The van der Waals surface area contributed by atoms with Gasteiger partial charge in [0.05, 0.1) is 18.6 Å². The third-order valence-corrected chi connectivity index (χ3v) is 5.15. The Balaban J connectivity index is 1.84. The van der Waals surface area contributed by atoms with Crippen LogP contribution >= 0.6 is 0 Å². The van der Waals surface area contributed by atoms with Crippen LogP contribution in [0.4, 0.5) is 10.1 Å². The molecule has 0 saturated heterocycles. The summed E-state index contributed by atoms with van der Waals surface area (Å²) in [6.07, 6.45) is 0. The Bertz CT molecular complexity index is 1110. The monoisotopic (exact) mass is 418 g/mol. The molecule has 0 saturated carbocycles. The quantitative estimate of drug-likeness (QED) is 0.600. The highest BCUT2D eigenvalue weighted by Gasteiger charge is 2.15. The summed E-state index contributed by atoms with van der Waals surface area (Å²) in [4.78, 5) is 4.36. The highest BCUT2D eigenvalue weighted by molar-refractivity contribution is 7.92. The van der Waals surface area contributed by atoms with Gasteiger partial charge in [0.1, 0.15) is 23.8 Å². The molecular weight excluding hydrogens is 399 g/mol. The van der Waals surface area contributed by atoms with Crippen LogP contribution in [-0.4, -0.2) is 36.5 Å². The zero-order valence-electron chi connectivity index (χ0n) is 15.8. The fraction of sp³-hybridized carbons (Fsp3) is 0.211. The lowest BCUT2D eigenvalue weighted by atomic mass is 10.2. The summed E-state index contributed by atoms with van der Waals surface area (Å²) in [5, 5.41) is 7.93. The van der Waals surface area contributed by atoms with Crippen molar-refractivity contribution in [3.05, 3.63) is 59.9 Å². The minimum absolute atomic E-state index is 0.0456. The van der Waals surface area contributed by atoms with Crippen LogP contribution in [-0.2, 0) is 16.6 Å². The van der Waals surface area contributed by atoms with Crippen molar-refractivity contribution in [2.45, 2.75) is 13.5 Å². The first-order valence-electron chi connectivity index (χ1n) is 8.67. The molecule has 0 atom stereocenters. The van der Waals surface area contributed by atoms with Crippen LogP contribution in [0.1, 0.15) is 12.5 Å². The number of methoxy groups -OCH3 is 1. The lowest BCUT2D eigenvalue weighted by molar-refractivity contribution is 0.293. The van der Waals surface area contributed by atoms with Crippen molar-refractivity contribution in [1.82, 2.24) is 15.2 Å². The minimum Gasteiger partial charge on any atom is -0.478 e. The van der Waals surface area contributed by atoms with E-state index < -0.39 is 10.0 Å². The zero-order chi connectivity index (χ0) is 20.9. The van der Waals surface area contributed by atoms with Crippen LogP contribution in [0.5, 0.6) is 11.8 Å². The number of anilines is 1. The van der Waals surface area contributed by atoms with Crippen molar-refractivity contribution in [3.8, 4) is 23.1 Å². The fourth-order valence-corrected chi connectivity index (χ4v) is 3.02. The van der Waals surface area contributed by atoms with Gasteiger partial charge < -0.3 is 9.47 Å². The summed E-state index contributed by atoms with van der Waals surface area (Å²) in [6.45, 7) is 1.66. The van der Waals surface area contributed by atoms with Crippen LogP contribution in [0, 0.1) is 5.82 Å². The average Bonchev–Trinajstić information content (AvgIpc) is 2.72. The number of aromatic nitrogens is 3. The van der Waals surface area contributed by atoms with Crippen LogP contribution < -0.4 is 14.2 Å². The van der Waals surface area contributed by atoms with E-state index in [4.69, 9.17) is 9.47 Å². The summed E-state index contributed by atoms with van der Waals surface area (Å²) < 4.78 is 50.2. The highest BCUT2D eigenvalue weighted by Crippen LogP contribution is 2.27. The molecule has 2 aromatic heterocycles. The first-order valence-corrected chi connectivity index (χ1v) is 10.3. The van der Waals surface area contributed by atoms with Crippen molar-refractivity contribution < 1.29 is 22.3 Å². The van der Waals surface area contributed by atoms with Crippen molar-refractivity contribution in [2.75, 3.05) is 17.6 Å². The molecule has 29 heavy (non-hydrogen) atoms. The summed E-state index contributed by atoms with van der Waals surface area (Å²) in [7, 11) is -2.16. The molecule has 1 aromatic carbocycles. The van der Waals surface area contributed by atoms with E-state index in [-0.39, 0.29) is 29.7 Å². The summed E-state index contributed by atoms with van der Waals surface area (Å²) in [5.74, 6) is -0.0946. The number of sulfonamides is 1. The Morgan fingerprint density at radius 1 is 1.07 bits per heavy atom. The van der Waals surface area contributed by atoms with Crippen molar-refractivity contribution in [3.63, 3.8) is 0 Å². The van der Waals surface area contributed by atoms with Crippen molar-refractivity contribution >= 4 is 15.7 Å². The second-order valence-corrected chi connectivity index (χ2v) is 7.95. The first kappa shape index (κ1) is 20.5. The molecule has 0 bridgehead atoms. The maximum absolute atomic E-state index is 13.3. The Labute approximate surface area is 167 Å². The second kappa shape index (κ2) is 8.82. The smallest absolute Gasteiger partial charge is 0.257 e. The normalized spacial score (nSPS) is 11.1. The molecule has 10 heteroatoms. The van der Waals surface area contributed by atoms with Gasteiger partial charge in [-0.05, 0) is 36.8 Å². The molecular formula is C19H19FN4O4S. The molecule has 0 aliphatic carbocycles. The number of benzene rings is 1. The Morgan fingerprint density at radius 3 is 2.59 bits per heavy atom. The van der Waals surface area contributed by atoms with Gasteiger partial charge in [-0.3, -0.25) is 4.72 Å². The number of rotatable bonds is 8. The van der Waals surface area contributed by atoms with Crippen LogP contribution in [0.3, 0.4) is 0 Å². The SMILES string of the molecule is CCS(=O)(=O)Nc1cc(-c2cccc(OCc3cccc(F)c3)n2)nnc1OC. The Morgan fingerprint density at radius 2 is 1.86 bits per heavy atom. The molecule has 152 valence electrons. The maximum Gasteiger partial charge on any atom is 0.257 e. The lowest BCUT2D eigenvalue weighted by Crippen LogP contribution is -2.16. The molecule has 0 spiro atoms. The molecule has 0 fully saturated rings. The van der Waals surface area contributed by atoms with Crippen LogP contribution in [0.15, 0.2) is 48.5 Å². The predicted octanol–water partition coefficient (Wildman–Crippen LogP) is 3.03. The van der Waals surface area contributed by atoms with Gasteiger partial charge in [0, 0.05) is 6.07 Å². The van der Waals surface area contributed by atoms with Crippen molar-refractivity contribution in [2.24, 2.45) is 0 Å². The van der Waals surface area contributed by atoms with E-state index in [0.717, 1.165) is 0 Å². The number of halogens is 1. The lowest BCUT2D eigenvalue weighted by Gasteiger charge is -2.11. The van der Waals surface area contributed by atoms with Gasteiger partial charge in [0.15, 0.2) is 0 Å². The zero-order valence-corrected chi connectivity index (χ0v) is 16.6. The van der Waals surface area contributed by atoms with E-state index >= 15 is 0 Å². The van der Waals surface area contributed by atoms with E-state index in [9.17, 15) is 12.8 Å². The highest BCUT2D eigenvalue weighted by atomic mass is 32.2. The van der Waals surface area contributed by atoms with Gasteiger partial charge in [-0.15, -0.1) is 10.2 Å². The van der Waals surface area contributed by atoms with Gasteiger partial charge in [0.2, 0.25) is 15.9 Å². The third-order valence-electron chi connectivity index (χ3n) is 3.86. The molecule has 2 heterocycles. The van der Waals surface area contributed by atoms with E-state index in [1.54, 1.807) is 30.3 Å². The molecule has 0 radical (unpaired) electrons. The summed E-state index contributed by atoms with van der Waals surface area (Å²) in [6, 6.07) is 12.6. The fourth-order valence-electron chi connectivity index (χ4n) is 2.39. The molecule has 8 nitrogen and oxygen atoms in total. The Hall–Kier alpha value is -3.27. The average molecular weight is 418 g/mol. The van der Waals surface area contributed by atoms with Crippen LogP contribution in [0.25, 0.3) is 11.4 Å². The van der Waals surface area contributed by atoms with E-state index in [2.05, 4.69) is 19.9 Å². The van der Waals surface area contributed by atoms with E-state index in [1.807, 2.05) is 0 Å². The third kappa shape index (κ3) is 5.38. The second-order valence-electron chi connectivity index (χ2n) is 5.94. The summed E-state index contributed by atoms with van der Waals surface area (Å²) >= 11 is 0. The molecule has 1 N–H and O–H groups in total. The molecule has 3 rings (SSSR count). The number of hydrogen-bond donors (Lipinski definition) is 1. The largest absolute Gasteiger partial charge is 0.478 e. The van der Waals surface area contributed by atoms with Gasteiger partial charge >= 0.3 is 0 Å². The van der Waals surface area contributed by atoms with E-state index in [1.165, 1.54) is 32.2 Å². The summed E-state index contributed by atoms with van der Waals surface area (Å²) in [5.41, 5.74) is 1.58. The van der Waals surface area contributed by atoms with E-state index in [0.29, 0.717) is 22.8 Å². The molecule has 0 amide bonds. The van der Waals surface area contributed by atoms with Gasteiger partial charge in [0.25, 0.3) is 5.88 Å². The predicted molar refractivity (Wildman–Crippen MR) is 106 cm³/mol. The number of ether oxygens (including phenoxy) is 2.